The lowest BCUT2D eigenvalue weighted by molar-refractivity contribution is -0.274. The maximum absolute atomic E-state index is 12.4. The maximum Gasteiger partial charge on any atom is 0.573 e. The Kier molecular flexibility index (Phi) is 6.35. The number of aryl methyl sites for hydroxylation is 1. The Morgan fingerprint density at radius 2 is 2.06 bits per heavy atom. The number of alkyl halides is 3. The zero-order valence-electron chi connectivity index (χ0n) is 16.4. The normalized spacial score (nSPS) is 14.0. The molecule has 0 spiro atoms. The molecular formula is C21H17ClF3N3O3. The fraction of sp³-hybridized carbons (Fsp3) is 0.190. The molecule has 0 fully saturated rings. The summed E-state index contributed by atoms with van der Waals surface area (Å²) in [6, 6.07) is 7.19. The van der Waals surface area contributed by atoms with Crippen LogP contribution in [0.2, 0.25) is 5.02 Å². The van der Waals surface area contributed by atoms with Crippen LogP contribution in [-0.2, 0) is 6.54 Å². The quantitative estimate of drug-likeness (QED) is 0.428. The number of benzene rings is 2. The van der Waals surface area contributed by atoms with Gasteiger partial charge in [0.05, 0.1) is 18.1 Å². The Morgan fingerprint density at radius 1 is 1.32 bits per heavy atom. The Hall–Kier alpha value is -3.33. The first-order valence-electron chi connectivity index (χ1n) is 8.91. The van der Waals surface area contributed by atoms with Gasteiger partial charge in [-0.05, 0) is 55.1 Å². The standard InChI is InChI=1S/C21H17ClF3N3O3/c1-4-27-19(26-3)11-28-10-13-8-16(12(2)7-18(13)30-20(28)29)15-6-5-14(9-17(15)22)31-21(23,24)25/h4-9H,1,3,10-11H2,2H3. The van der Waals surface area contributed by atoms with E-state index in [2.05, 4.69) is 28.0 Å². The largest absolute Gasteiger partial charge is 0.573 e. The van der Waals surface area contributed by atoms with Crippen molar-refractivity contribution < 1.29 is 27.4 Å². The van der Waals surface area contributed by atoms with E-state index in [4.69, 9.17) is 16.3 Å². The average molecular weight is 452 g/mol. The second-order valence-corrected chi connectivity index (χ2v) is 6.98. The van der Waals surface area contributed by atoms with Crippen LogP contribution in [0.3, 0.4) is 0 Å². The number of aliphatic imine (C=N–C) groups is 2. The number of fused-ring (bicyclic) bond motifs is 1. The minimum Gasteiger partial charge on any atom is -0.410 e. The van der Waals surface area contributed by atoms with E-state index in [0.29, 0.717) is 28.3 Å². The number of halogens is 4. The SMILES string of the molecule is C=CN=C(CN1Cc2cc(-c3ccc(OC(F)(F)F)cc3Cl)c(C)cc2OC1=O)N=C. The van der Waals surface area contributed by atoms with Gasteiger partial charge in [0.2, 0.25) is 0 Å². The molecule has 0 saturated carbocycles. The van der Waals surface area contributed by atoms with E-state index in [0.717, 1.165) is 11.6 Å². The molecular weight excluding hydrogens is 435 g/mol. The summed E-state index contributed by atoms with van der Waals surface area (Å²) in [6.45, 7) is 8.97. The van der Waals surface area contributed by atoms with E-state index in [1.807, 2.05) is 0 Å². The lowest BCUT2D eigenvalue weighted by Gasteiger charge is -2.28. The number of amidine groups is 1. The summed E-state index contributed by atoms with van der Waals surface area (Å²) in [6.07, 6.45) is -4.08. The molecule has 0 radical (unpaired) electrons. The van der Waals surface area contributed by atoms with Gasteiger partial charge >= 0.3 is 12.5 Å². The highest BCUT2D eigenvalue weighted by Gasteiger charge is 2.31. The van der Waals surface area contributed by atoms with Crippen LogP contribution in [-0.4, -0.2) is 36.5 Å². The van der Waals surface area contributed by atoms with Crippen LogP contribution in [0.15, 0.2) is 53.1 Å². The van der Waals surface area contributed by atoms with Crippen molar-refractivity contribution in [1.82, 2.24) is 4.90 Å². The summed E-state index contributed by atoms with van der Waals surface area (Å²) in [7, 11) is 0. The number of hydrogen-bond acceptors (Lipinski definition) is 4. The van der Waals surface area contributed by atoms with Crippen LogP contribution in [0.5, 0.6) is 11.5 Å². The predicted octanol–water partition coefficient (Wildman–Crippen LogP) is 5.77. The molecule has 0 aromatic heterocycles. The molecule has 2 aromatic rings. The topological polar surface area (TPSA) is 63.5 Å². The van der Waals surface area contributed by atoms with E-state index >= 15 is 0 Å². The third-order valence-electron chi connectivity index (χ3n) is 4.44. The summed E-state index contributed by atoms with van der Waals surface area (Å²) >= 11 is 6.23. The van der Waals surface area contributed by atoms with Gasteiger partial charge in [-0.15, -0.1) is 13.2 Å². The summed E-state index contributed by atoms with van der Waals surface area (Å²) in [4.78, 5) is 21.4. The molecule has 1 aliphatic rings. The molecule has 0 atom stereocenters. The van der Waals surface area contributed by atoms with Crippen molar-refractivity contribution in [2.24, 2.45) is 9.98 Å². The van der Waals surface area contributed by atoms with Crippen LogP contribution in [0, 0.1) is 6.92 Å². The molecule has 6 nitrogen and oxygen atoms in total. The smallest absolute Gasteiger partial charge is 0.410 e. The van der Waals surface area contributed by atoms with Gasteiger partial charge < -0.3 is 9.47 Å². The van der Waals surface area contributed by atoms with Crippen LogP contribution in [0.25, 0.3) is 11.1 Å². The molecule has 162 valence electrons. The monoisotopic (exact) mass is 451 g/mol. The maximum atomic E-state index is 12.4. The molecule has 2 aromatic carbocycles. The third kappa shape index (κ3) is 5.24. The lowest BCUT2D eigenvalue weighted by atomic mass is 9.96. The Balaban J connectivity index is 1.93. The van der Waals surface area contributed by atoms with Crippen molar-refractivity contribution >= 4 is 30.2 Å². The van der Waals surface area contributed by atoms with Crippen molar-refractivity contribution in [3.63, 3.8) is 0 Å². The summed E-state index contributed by atoms with van der Waals surface area (Å²) in [5.74, 6) is 0.276. The Morgan fingerprint density at radius 3 is 2.68 bits per heavy atom. The fourth-order valence-electron chi connectivity index (χ4n) is 3.10. The molecule has 1 heterocycles. The van der Waals surface area contributed by atoms with E-state index in [9.17, 15) is 18.0 Å². The second kappa shape index (κ2) is 8.81. The predicted molar refractivity (Wildman–Crippen MR) is 112 cm³/mol. The minimum atomic E-state index is -4.81. The van der Waals surface area contributed by atoms with E-state index in [-0.39, 0.29) is 18.1 Å². The summed E-state index contributed by atoms with van der Waals surface area (Å²) in [5, 5.41) is 0.0886. The molecule has 0 bridgehead atoms. The number of carbonyl (C=O) groups excluding carboxylic acids is 1. The van der Waals surface area contributed by atoms with Crippen molar-refractivity contribution in [2.75, 3.05) is 6.54 Å². The zero-order valence-corrected chi connectivity index (χ0v) is 17.1. The van der Waals surface area contributed by atoms with Gasteiger partial charge in [-0.2, -0.15) is 0 Å². The van der Waals surface area contributed by atoms with E-state index < -0.39 is 18.2 Å². The fourth-order valence-corrected chi connectivity index (χ4v) is 3.38. The lowest BCUT2D eigenvalue weighted by Crippen LogP contribution is -2.40. The van der Waals surface area contributed by atoms with E-state index in [1.165, 1.54) is 23.2 Å². The average Bonchev–Trinajstić information content (AvgIpc) is 2.67. The number of carbonyl (C=O) groups is 1. The highest BCUT2D eigenvalue weighted by molar-refractivity contribution is 6.33. The van der Waals surface area contributed by atoms with Crippen molar-refractivity contribution in [3.05, 3.63) is 59.3 Å². The highest BCUT2D eigenvalue weighted by atomic mass is 35.5. The Bertz CT molecular complexity index is 1080. The van der Waals surface area contributed by atoms with Gasteiger partial charge in [0.1, 0.15) is 17.3 Å². The number of nitrogens with zero attached hydrogens (tertiary/aromatic N) is 3. The molecule has 0 unspecified atom stereocenters. The van der Waals surface area contributed by atoms with Crippen molar-refractivity contribution in [2.45, 2.75) is 19.8 Å². The van der Waals surface area contributed by atoms with Gasteiger partial charge in [0, 0.05) is 17.3 Å². The summed E-state index contributed by atoms with van der Waals surface area (Å²) < 4.78 is 46.7. The molecule has 1 aliphatic heterocycles. The summed E-state index contributed by atoms with van der Waals surface area (Å²) in [5.41, 5.74) is 2.62. The second-order valence-electron chi connectivity index (χ2n) is 6.57. The number of ether oxygens (including phenoxy) is 2. The number of rotatable bonds is 5. The third-order valence-corrected chi connectivity index (χ3v) is 4.76. The highest BCUT2D eigenvalue weighted by Crippen LogP contribution is 2.38. The zero-order chi connectivity index (χ0) is 22.8. The molecule has 0 saturated heterocycles. The van der Waals surface area contributed by atoms with Crippen LogP contribution in [0.1, 0.15) is 11.1 Å². The van der Waals surface area contributed by atoms with Crippen molar-refractivity contribution in [1.29, 1.82) is 0 Å². The Labute approximate surface area is 181 Å². The van der Waals surface area contributed by atoms with Crippen LogP contribution in [0.4, 0.5) is 18.0 Å². The van der Waals surface area contributed by atoms with Gasteiger partial charge in [0.15, 0.2) is 0 Å². The van der Waals surface area contributed by atoms with Crippen LogP contribution < -0.4 is 9.47 Å². The molecule has 1 amide bonds. The van der Waals surface area contributed by atoms with Gasteiger partial charge in [0.25, 0.3) is 0 Å². The van der Waals surface area contributed by atoms with E-state index in [1.54, 1.807) is 19.1 Å². The molecule has 3 rings (SSSR count). The first-order valence-corrected chi connectivity index (χ1v) is 9.29. The first kappa shape index (κ1) is 22.4. The first-order chi connectivity index (χ1) is 14.6. The molecule has 31 heavy (non-hydrogen) atoms. The molecule has 0 N–H and O–H groups in total. The van der Waals surface area contributed by atoms with Crippen molar-refractivity contribution in [3.8, 4) is 22.6 Å². The van der Waals surface area contributed by atoms with Crippen LogP contribution >= 0.6 is 11.6 Å². The number of hydrogen-bond donors (Lipinski definition) is 0. The number of amides is 1. The van der Waals surface area contributed by atoms with Gasteiger partial charge in [-0.3, -0.25) is 4.90 Å². The minimum absolute atomic E-state index is 0.0707. The molecule has 0 aliphatic carbocycles. The van der Waals surface area contributed by atoms with Gasteiger partial charge in [-0.1, -0.05) is 18.2 Å². The molecule has 10 heteroatoms. The van der Waals surface area contributed by atoms with Gasteiger partial charge in [-0.25, -0.2) is 14.8 Å².